The van der Waals surface area contributed by atoms with E-state index in [2.05, 4.69) is 10.3 Å². The Morgan fingerprint density at radius 1 is 1.43 bits per heavy atom. The molecule has 0 radical (unpaired) electrons. The van der Waals surface area contributed by atoms with Crippen LogP contribution in [-0.4, -0.2) is 28.6 Å². The third kappa shape index (κ3) is 4.56. The number of carbonyl (C=O) groups excluding carboxylic acids is 1. The molecule has 2 aromatic rings. The normalized spacial score (nSPS) is 15.3. The molecule has 1 unspecified atom stereocenters. The fraction of sp³-hybridized carbons (Fsp3) is 0.412. The molecule has 6 heteroatoms. The molecular formula is C17H20N2O2S2. The minimum Gasteiger partial charge on any atom is -0.396 e. The highest BCUT2D eigenvalue weighted by atomic mass is 32.2. The van der Waals surface area contributed by atoms with Crippen LogP contribution in [0.2, 0.25) is 0 Å². The highest BCUT2D eigenvalue weighted by Crippen LogP contribution is 2.34. The Bertz CT molecular complexity index is 642. The van der Waals surface area contributed by atoms with Crippen molar-refractivity contribution in [2.45, 2.75) is 36.0 Å². The number of aromatic nitrogens is 1. The molecule has 1 aromatic heterocycles. The van der Waals surface area contributed by atoms with E-state index >= 15 is 0 Å². The molecule has 1 atom stereocenters. The van der Waals surface area contributed by atoms with E-state index in [1.807, 2.05) is 35.2 Å². The number of aliphatic hydroxyl groups excluding tert-OH is 1. The van der Waals surface area contributed by atoms with Crippen LogP contribution in [0.1, 0.15) is 35.3 Å². The molecule has 0 saturated heterocycles. The summed E-state index contributed by atoms with van der Waals surface area (Å²) >= 11 is 3.21. The summed E-state index contributed by atoms with van der Waals surface area (Å²) in [5.41, 5.74) is 3.56. The van der Waals surface area contributed by atoms with Crippen molar-refractivity contribution in [3.8, 4) is 0 Å². The summed E-state index contributed by atoms with van der Waals surface area (Å²) in [6.45, 7) is 0.113. The quantitative estimate of drug-likeness (QED) is 0.718. The highest BCUT2D eigenvalue weighted by molar-refractivity contribution is 7.98. The number of amides is 1. The number of aliphatic hydroxyl groups is 1. The van der Waals surface area contributed by atoms with Crippen molar-refractivity contribution in [3.63, 3.8) is 0 Å². The largest absolute Gasteiger partial charge is 0.396 e. The Morgan fingerprint density at radius 3 is 2.96 bits per heavy atom. The lowest BCUT2D eigenvalue weighted by Gasteiger charge is -2.18. The molecule has 0 bridgehead atoms. The molecule has 1 saturated carbocycles. The first kappa shape index (κ1) is 16.5. The fourth-order valence-corrected chi connectivity index (χ4v) is 4.17. The molecule has 1 aromatic carbocycles. The predicted molar refractivity (Wildman–Crippen MR) is 93.8 cm³/mol. The van der Waals surface area contributed by atoms with Crippen molar-refractivity contribution in [3.05, 3.63) is 46.4 Å². The zero-order chi connectivity index (χ0) is 16.1. The molecule has 122 valence electrons. The van der Waals surface area contributed by atoms with E-state index in [1.54, 1.807) is 23.1 Å². The van der Waals surface area contributed by atoms with Crippen LogP contribution in [0.3, 0.4) is 0 Å². The first-order valence-corrected chi connectivity index (χ1v) is 9.71. The number of rotatable bonds is 8. The maximum atomic E-state index is 12.6. The van der Waals surface area contributed by atoms with Crippen LogP contribution in [0.5, 0.6) is 0 Å². The van der Waals surface area contributed by atoms with Gasteiger partial charge in [0.05, 0.1) is 16.8 Å². The van der Waals surface area contributed by atoms with Gasteiger partial charge in [0.15, 0.2) is 0 Å². The average molecular weight is 348 g/mol. The van der Waals surface area contributed by atoms with Gasteiger partial charge in [-0.25, -0.2) is 4.98 Å². The van der Waals surface area contributed by atoms with E-state index in [-0.39, 0.29) is 18.6 Å². The molecule has 1 amide bonds. The number of hydrogen-bond donors (Lipinski definition) is 2. The molecule has 0 spiro atoms. The van der Waals surface area contributed by atoms with Crippen LogP contribution in [0.15, 0.2) is 40.1 Å². The lowest BCUT2D eigenvalue weighted by molar-refractivity contribution is 0.0921. The summed E-state index contributed by atoms with van der Waals surface area (Å²) < 4.78 is 0. The standard InChI is InChI=1S/C17H20N2O2S2/c20-8-7-15(12-5-6-12)19-17(21)14-3-1-2-4-16(14)23-10-13-9-22-11-18-13/h1-4,9,11-12,15,20H,5-8,10H2,(H,19,21). The molecule has 3 rings (SSSR count). The third-order valence-corrected chi connectivity index (χ3v) is 5.68. The molecule has 1 fully saturated rings. The summed E-state index contributed by atoms with van der Waals surface area (Å²) in [5.74, 6) is 1.24. The monoisotopic (exact) mass is 348 g/mol. The number of carbonyl (C=O) groups is 1. The molecule has 1 aliphatic rings. The van der Waals surface area contributed by atoms with Crippen LogP contribution >= 0.6 is 23.1 Å². The second-order valence-electron chi connectivity index (χ2n) is 5.69. The first-order chi connectivity index (χ1) is 11.3. The van der Waals surface area contributed by atoms with Gasteiger partial charge in [-0.3, -0.25) is 4.79 Å². The van der Waals surface area contributed by atoms with Crippen LogP contribution < -0.4 is 5.32 Å². The fourth-order valence-electron chi connectivity index (χ4n) is 2.55. The molecule has 0 aliphatic heterocycles. The van der Waals surface area contributed by atoms with Gasteiger partial charge in [-0.2, -0.15) is 0 Å². The minimum atomic E-state index is -0.0447. The number of nitrogens with one attached hydrogen (secondary N) is 1. The first-order valence-electron chi connectivity index (χ1n) is 7.78. The van der Waals surface area contributed by atoms with Crippen molar-refractivity contribution in [2.24, 2.45) is 5.92 Å². The van der Waals surface area contributed by atoms with Crippen LogP contribution in [0.25, 0.3) is 0 Å². The molecular weight excluding hydrogens is 328 g/mol. The lowest BCUT2D eigenvalue weighted by Crippen LogP contribution is -2.37. The Labute approximate surface area is 144 Å². The minimum absolute atomic E-state index is 0.0447. The highest BCUT2D eigenvalue weighted by Gasteiger charge is 2.32. The van der Waals surface area contributed by atoms with Gasteiger partial charge in [0.1, 0.15) is 0 Å². The van der Waals surface area contributed by atoms with Gasteiger partial charge in [-0.05, 0) is 37.3 Å². The number of thiazole rings is 1. The van der Waals surface area contributed by atoms with E-state index in [0.717, 1.165) is 29.2 Å². The number of thioether (sulfide) groups is 1. The zero-order valence-corrected chi connectivity index (χ0v) is 14.4. The van der Waals surface area contributed by atoms with Gasteiger partial charge in [-0.1, -0.05) is 12.1 Å². The van der Waals surface area contributed by atoms with E-state index < -0.39 is 0 Å². The number of nitrogens with zero attached hydrogens (tertiary/aromatic N) is 1. The Morgan fingerprint density at radius 2 is 2.26 bits per heavy atom. The van der Waals surface area contributed by atoms with Gasteiger partial charge in [0.25, 0.3) is 5.91 Å². The molecule has 4 nitrogen and oxygen atoms in total. The van der Waals surface area contributed by atoms with Gasteiger partial charge in [-0.15, -0.1) is 23.1 Å². The van der Waals surface area contributed by atoms with Crippen LogP contribution in [0, 0.1) is 5.92 Å². The van der Waals surface area contributed by atoms with Gasteiger partial charge < -0.3 is 10.4 Å². The second-order valence-corrected chi connectivity index (χ2v) is 7.43. The van der Waals surface area contributed by atoms with Gasteiger partial charge >= 0.3 is 0 Å². The molecule has 23 heavy (non-hydrogen) atoms. The number of benzene rings is 1. The van der Waals surface area contributed by atoms with Crippen LogP contribution in [-0.2, 0) is 5.75 Å². The van der Waals surface area contributed by atoms with E-state index in [0.29, 0.717) is 17.9 Å². The maximum Gasteiger partial charge on any atom is 0.252 e. The summed E-state index contributed by atoms with van der Waals surface area (Å²) in [5, 5.41) is 14.3. The maximum absolute atomic E-state index is 12.6. The van der Waals surface area contributed by atoms with Crippen LogP contribution in [0.4, 0.5) is 0 Å². The van der Waals surface area contributed by atoms with E-state index in [9.17, 15) is 9.90 Å². The van der Waals surface area contributed by atoms with Gasteiger partial charge in [0, 0.05) is 28.7 Å². The third-order valence-electron chi connectivity index (χ3n) is 3.94. The number of hydrogen-bond acceptors (Lipinski definition) is 5. The smallest absolute Gasteiger partial charge is 0.252 e. The summed E-state index contributed by atoms with van der Waals surface area (Å²) in [4.78, 5) is 17.9. The Balaban J connectivity index is 1.67. The van der Waals surface area contributed by atoms with Crippen molar-refractivity contribution in [1.29, 1.82) is 0 Å². The topological polar surface area (TPSA) is 62.2 Å². The Hall–Kier alpha value is -1.37. The molecule has 1 aliphatic carbocycles. The lowest BCUT2D eigenvalue weighted by atomic mass is 10.1. The van der Waals surface area contributed by atoms with Crippen molar-refractivity contribution in [2.75, 3.05) is 6.61 Å². The zero-order valence-electron chi connectivity index (χ0n) is 12.8. The van der Waals surface area contributed by atoms with Crippen molar-refractivity contribution in [1.82, 2.24) is 10.3 Å². The predicted octanol–water partition coefficient (Wildman–Crippen LogP) is 3.33. The SMILES string of the molecule is O=C(NC(CCO)C1CC1)c1ccccc1SCc1cscn1. The summed E-state index contributed by atoms with van der Waals surface area (Å²) in [6, 6.07) is 7.77. The molecule has 1 heterocycles. The summed E-state index contributed by atoms with van der Waals surface area (Å²) in [7, 11) is 0. The van der Waals surface area contributed by atoms with E-state index in [1.165, 1.54) is 0 Å². The van der Waals surface area contributed by atoms with Crippen molar-refractivity contribution < 1.29 is 9.90 Å². The van der Waals surface area contributed by atoms with E-state index in [4.69, 9.17) is 0 Å². The summed E-state index contributed by atoms with van der Waals surface area (Å²) in [6.07, 6.45) is 2.92. The average Bonchev–Trinajstić information content (AvgIpc) is 3.29. The van der Waals surface area contributed by atoms with Gasteiger partial charge in [0.2, 0.25) is 0 Å². The van der Waals surface area contributed by atoms with Crippen molar-refractivity contribution >= 4 is 29.0 Å². The Kier molecular flexibility index (Phi) is 5.70. The second kappa shape index (κ2) is 7.95. The molecule has 2 N–H and O–H groups in total.